The maximum absolute atomic E-state index is 11.0. The minimum atomic E-state index is 0.488. The van der Waals surface area contributed by atoms with E-state index < -0.39 is 0 Å². The molecule has 0 amide bonds. The number of nitrogens with zero attached hydrogens (tertiary/aromatic N) is 2. The summed E-state index contributed by atoms with van der Waals surface area (Å²) < 4.78 is 2.12. The first-order valence-corrected chi connectivity index (χ1v) is 6.89. The first-order chi connectivity index (χ1) is 7.90. The number of fused-ring (bicyclic) bond motifs is 1. The van der Waals surface area contributed by atoms with E-state index in [0.717, 1.165) is 43.7 Å². The van der Waals surface area contributed by atoms with Gasteiger partial charge in [0.15, 0.2) is 6.29 Å². The summed E-state index contributed by atoms with van der Waals surface area (Å²) in [6, 6.07) is 0.488. The zero-order valence-corrected chi connectivity index (χ0v) is 9.92. The minimum Gasteiger partial charge on any atom is -0.317 e. The van der Waals surface area contributed by atoms with Gasteiger partial charge in [-0.2, -0.15) is 16.9 Å². The Morgan fingerprint density at radius 1 is 1.38 bits per heavy atom. The lowest BCUT2D eigenvalue weighted by atomic mass is 10.1. The number of nitrogens with one attached hydrogen (secondary N) is 1. The van der Waals surface area contributed by atoms with Crippen molar-refractivity contribution in [1.29, 1.82) is 0 Å². The summed E-state index contributed by atoms with van der Waals surface area (Å²) in [5.41, 5.74) is 3.14. The highest BCUT2D eigenvalue weighted by Gasteiger charge is 2.26. The minimum absolute atomic E-state index is 0.488. The van der Waals surface area contributed by atoms with Crippen LogP contribution >= 0.6 is 11.8 Å². The Morgan fingerprint density at radius 2 is 2.19 bits per heavy atom. The lowest BCUT2D eigenvalue weighted by Gasteiger charge is -2.24. The van der Waals surface area contributed by atoms with Crippen LogP contribution in [0.1, 0.15) is 40.6 Å². The fourth-order valence-corrected chi connectivity index (χ4v) is 3.65. The molecule has 3 rings (SSSR count). The third kappa shape index (κ3) is 1.58. The van der Waals surface area contributed by atoms with Crippen LogP contribution in [-0.2, 0) is 11.5 Å². The van der Waals surface area contributed by atoms with Crippen molar-refractivity contribution in [3.05, 3.63) is 17.0 Å². The summed E-state index contributed by atoms with van der Waals surface area (Å²) in [5, 5.41) is 7.84. The number of thioether (sulfide) groups is 1. The Morgan fingerprint density at radius 3 is 2.94 bits per heavy atom. The number of rotatable bonds is 2. The van der Waals surface area contributed by atoms with E-state index in [1.807, 2.05) is 11.8 Å². The normalized spacial score (nSPS) is 21.0. The molecular weight excluding hydrogens is 222 g/mol. The van der Waals surface area contributed by atoms with Crippen LogP contribution in [0.3, 0.4) is 0 Å². The molecule has 0 bridgehead atoms. The molecule has 0 aliphatic carbocycles. The van der Waals surface area contributed by atoms with Gasteiger partial charge in [-0.1, -0.05) is 0 Å². The van der Waals surface area contributed by atoms with Gasteiger partial charge in [0.1, 0.15) is 5.69 Å². The highest BCUT2D eigenvalue weighted by atomic mass is 32.2. The van der Waals surface area contributed by atoms with Gasteiger partial charge in [-0.05, 0) is 25.9 Å². The van der Waals surface area contributed by atoms with Crippen LogP contribution in [0.4, 0.5) is 0 Å². The molecule has 2 aliphatic rings. The smallest absolute Gasteiger partial charge is 0.170 e. The van der Waals surface area contributed by atoms with Crippen molar-refractivity contribution < 1.29 is 4.79 Å². The van der Waals surface area contributed by atoms with E-state index in [4.69, 9.17) is 0 Å². The van der Waals surface area contributed by atoms with Crippen molar-refractivity contribution in [1.82, 2.24) is 15.1 Å². The molecule has 1 fully saturated rings. The molecule has 1 aromatic rings. The molecule has 0 aromatic carbocycles. The summed E-state index contributed by atoms with van der Waals surface area (Å²) in [6.45, 7) is 2.12. The third-order valence-electron chi connectivity index (χ3n) is 3.40. The second kappa shape index (κ2) is 4.22. The van der Waals surface area contributed by atoms with E-state index in [-0.39, 0.29) is 0 Å². The molecule has 0 radical (unpaired) electrons. The first kappa shape index (κ1) is 10.4. The van der Waals surface area contributed by atoms with E-state index in [1.165, 1.54) is 11.3 Å². The predicted molar refractivity (Wildman–Crippen MR) is 63.8 cm³/mol. The zero-order chi connectivity index (χ0) is 11.0. The van der Waals surface area contributed by atoms with Crippen molar-refractivity contribution in [3.8, 4) is 0 Å². The average molecular weight is 237 g/mol. The number of carbonyl (C=O) groups excluding carboxylic acids is 1. The summed E-state index contributed by atoms with van der Waals surface area (Å²) in [6.07, 6.45) is 3.15. The van der Waals surface area contributed by atoms with Gasteiger partial charge in [0.05, 0.1) is 11.7 Å². The van der Waals surface area contributed by atoms with E-state index in [1.54, 1.807) is 0 Å². The highest BCUT2D eigenvalue weighted by molar-refractivity contribution is 7.98. The van der Waals surface area contributed by atoms with Crippen LogP contribution in [0.5, 0.6) is 0 Å². The van der Waals surface area contributed by atoms with Crippen LogP contribution in [0, 0.1) is 0 Å². The summed E-state index contributed by atoms with van der Waals surface area (Å²) >= 11 is 1.88. The molecule has 86 valence electrons. The van der Waals surface area contributed by atoms with E-state index >= 15 is 0 Å². The van der Waals surface area contributed by atoms with E-state index in [2.05, 4.69) is 15.1 Å². The SMILES string of the molecule is O=Cc1nn(C2CCNCC2)c2c1CSC2. The molecule has 1 N–H and O–H groups in total. The second-order valence-electron chi connectivity index (χ2n) is 4.35. The molecule has 5 heteroatoms. The number of aromatic nitrogens is 2. The lowest BCUT2D eigenvalue weighted by molar-refractivity contribution is 0.111. The van der Waals surface area contributed by atoms with Crippen molar-refractivity contribution in [2.75, 3.05) is 13.1 Å². The van der Waals surface area contributed by atoms with Gasteiger partial charge < -0.3 is 5.32 Å². The Bertz CT molecular complexity index is 410. The molecule has 2 aliphatic heterocycles. The number of hydrogen-bond donors (Lipinski definition) is 1. The van der Waals surface area contributed by atoms with Gasteiger partial charge in [0, 0.05) is 17.1 Å². The third-order valence-corrected chi connectivity index (χ3v) is 4.37. The predicted octanol–water partition coefficient (Wildman–Crippen LogP) is 1.37. The molecule has 3 heterocycles. The quantitative estimate of drug-likeness (QED) is 0.789. The van der Waals surface area contributed by atoms with Crippen molar-refractivity contribution in [2.24, 2.45) is 0 Å². The Kier molecular flexibility index (Phi) is 2.73. The number of carbonyl (C=O) groups is 1. The van der Waals surface area contributed by atoms with Crippen LogP contribution < -0.4 is 5.32 Å². The van der Waals surface area contributed by atoms with Crippen LogP contribution in [0.15, 0.2) is 0 Å². The Labute approximate surface area is 98.8 Å². The van der Waals surface area contributed by atoms with Gasteiger partial charge in [-0.3, -0.25) is 9.48 Å². The topological polar surface area (TPSA) is 46.9 Å². The monoisotopic (exact) mass is 237 g/mol. The Hall–Kier alpha value is -0.810. The van der Waals surface area contributed by atoms with Crippen LogP contribution in [-0.4, -0.2) is 29.2 Å². The van der Waals surface area contributed by atoms with Gasteiger partial charge in [0.25, 0.3) is 0 Å². The van der Waals surface area contributed by atoms with Gasteiger partial charge in [0.2, 0.25) is 0 Å². The molecule has 16 heavy (non-hydrogen) atoms. The maximum Gasteiger partial charge on any atom is 0.170 e. The largest absolute Gasteiger partial charge is 0.317 e. The maximum atomic E-state index is 11.0. The molecule has 0 unspecified atom stereocenters. The fourth-order valence-electron chi connectivity index (χ4n) is 2.53. The van der Waals surface area contributed by atoms with Crippen LogP contribution in [0.2, 0.25) is 0 Å². The van der Waals surface area contributed by atoms with Gasteiger partial charge in [-0.15, -0.1) is 0 Å². The molecule has 0 spiro atoms. The lowest BCUT2D eigenvalue weighted by Crippen LogP contribution is -2.30. The average Bonchev–Trinajstić information content (AvgIpc) is 2.91. The first-order valence-electron chi connectivity index (χ1n) is 5.74. The fraction of sp³-hybridized carbons (Fsp3) is 0.636. The highest BCUT2D eigenvalue weighted by Crippen LogP contribution is 2.34. The molecule has 0 saturated carbocycles. The van der Waals surface area contributed by atoms with Crippen LogP contribution in [0.25, 0.3) is 0 Å². The summed E-state index contributed by atoms with van der Waals surface area (Å²) in [5.74, 6) is 1.97. The molecule has 0 atom stereocenters. The zero-order valence-electron chi connectivity index (χ0n) is 9.11. The van der Waals surface area contributed by atoms with Crippen molar-refractivity contribution in [2.45, 2.75) is 30.4 Å². The van der Waals surface area contributed by atoms with Gasteiger partial charge in [-0.25, -0.2) is 0 Å². The molecule has 1 aromatic heterocycles. The van der Waals surface area contributed by atoms with Gasteiger partial charge >= 0.3 is 0 Å². The second-order valence-corrected chi connectivity index (χ2v) is 5.33. The number of aldehydes is 1. The van der Waals surface area contributed by atoms with Crippen molar-refractivity contribution >= 4 is 18.0 Å². The van der Waals surface area contributed by atoms with Crippen molar-refractivity contribution in [3.63, 3.8) is 0 Å². The molecule has 1 saturated heterocycles. The standard InChI is InChI=1S/C11H15N3OS/c15-5-10-9-6-16-7-11(9)14(13-10)8-1-3-12-4-2-8/h5,8,12H,1-4,6-7H2. The summed E-state index contributed by atoms with van der Waals surface area (Å²) in [4.78, 5) is 11.0. The van der Waals surface area contributed by atoms with E-state index in [9.17, 15) is 4.79 Å². The number of piperidine rings is 1. The number of hydrogen-bond acceptors (Lipinski definition) is 4. The molecule has 4 nitrogen and oxygen atoms in total. The molecular formula is C11H15N3OS. The Balaban J connectivity index is 1.97. The van der Waals surface area contributed by atoms with E-state index in [0.29, 0.717) is 11.7 Å². The summed E-state index contributed by atoms with van der Waals surface area (Å²) in [7, 11) is 0.